The van der Waals surface area contributed by atoms with E-state index in [1.54, 1.807) is 7.05 Å². The van der Waals surface area contributed by atoms with Crippen LogP contribution in [0.4, 0.5) is 0 Å². The molecule has 0 aromatic carbocycles. The van der Waals surface area contributed by atoms with Gasteiger partial charge in [-0.3, -0.25) is 9.69 Å². The van der Waals surface area contributed by atoms with Crippen LogP contribution in [0, 0.1) is 0 Å². The number of likely N-dealkylation sites (N-methyl/N-ethyl adjacent to an activating group) is 1. The highest BCUT2D eigenvalue weighted by molar-refractivity contribution is 5.84. The lowest BCUT2D eigenvalue weighted by Gasteiger charge is -2.35. The van der Waals surface area contributed by atoms with Gasteiger partial charge in [0, 0.05) is 12.6 Å². The highest BCUT2D eigenvalue weighted by Gasteiger charge is 2.31. The molecule has 1 atom stereocenters. The predicted octanol–water partition coefficient (Wildman–Crippen LogP) is 1.35. The number of hydrogen-bond donors (Lipinski definition) is 2. The third kappa shape index (κ3) is 5.50. The van der Waals surface area contributed by atoms with E-state index in [1.165, 1.54) is 19.3 Å². The maximum atomic E-state index is 11.5. The van der Waals surface area contributed by atoms with E-state index in [9.17, 15) is 4.79 Å². The maximum Gasteiger partial charge on any atom is 0.238 e. The fraction of sp³-hybridized carbons (Fsp3) is 0.923. The molecule has 4 heteroatoms. The zero-order valence-electron chi connectivity index (χ0n) is 12.0. The van der Waals surface area contributed by atoms with E-state index in [0.29, 0.717) is 12.6 Å². The first-order valence-corrected chi connectivity index (χ1v) is 6.60. The molecule has 1 unspecified atom stereocenters. The summed E-state index contributed by atoms with van der Waals surface area (Å²) in [5.41, 5.74) is 4.81. The first-order valence-electron chi connectivity index (χ1n) is 6.60. The van der Waals surface area contributed by atoms with Gasteiger partial charge in [-0.05, 0) is 40.8 Å². The van der Waals surface area contributed by atoms with Crippen LogP contribution in [-0.4, -0.2) is 42.5 Å². The molecule has 0 fully saturated rings. The number of hydrogen-bond acceptors (Lipinski definition) is 3. The van der Waals surface area contributed by atoms with Crippen molar-refractivity contribution in [2.24, 2.45) is 5.73 Å². The monoisotopic (exact) mass is 243 g/mol. The van der Waals surface area contributed by atoms with Crippen LogP contribution in [0.5, 0.6) is 0 Å². The fourth-order valence-corrected chi connectivity index (χ4v) is 1.77. The number of nitrogens with one attached hydrogen (secondary N) is 1. The van der Waals surface area contributed by atoms with E-state index >= 15 is 0 Å². The van der Waals surface area contributed by atoms with Crippen molar-refractivity contribution in [3.63, 3.8) is 0 Å². The predicted molar refractivity (Wildman–Crippen MR) is 72.9 cm³/mol. The molecule has 0 radical (unpaired) electrons. The zero-order valence-corrected chi connectivity index (χ0v) is 12.0. The van der Waals surface area contributed by atoms with E-state index < -0.39 is 5.54 Å². The number of carbonyl (C=O) groups is 1. The quantitative estimate of drug-likeness (QED) is 0.601. The summed E-state index contributed by atoms with van der Waals surface area (Å²) in [6.07, 6.45) is 3.62. The molecule has 0 saturated heterocycles. The van der Waals surface area contributed by atoms with Crippen LogP contribution in [-0.2, 0) is 4.79 Å². The summed E-state index contributed by atoms with van der Waals surface area (Å²) < 4.78 is 0. The third-order valence-electron chi connectivity index (χ3n) is 3.39. The minimum atomic E-state index is -0.642. The summed E-state index contributed by atoms with van der Waals surface area (Å²) in [5, 5.41) is 3.04. The Labute approximate surface area is 106 Å². The number of carbonyl (C=O) groups excluding carboxylic acids is 1. The zero-order chi connectivity index (χ0) is 13.5. The minimum absolute atomic E-state index is 0.291. The molecule has 4 nitrogen and oxygen atoms in total. The van der Waals surface area contributed by atoms with Crippen molar-refractivity contribution in [3.05, 3.63) is 0 Å². The summed E-state index contributed by atoms with van der Waals surface area (Å²) in [4.78, 5) is 13.8. The normalized spacial score (nSPS) is 15.2. The van der Waals surface area contributed by atoms with Crippen molar-refractivity contribution in [2.45, 2.75) is 58.5 Å². The van der Waals surface area contributed by atoms with Crippen molar-refractivity contribution in [2.75, 3.05) is 20.1 Å². The van der Waals surface area contributed by atoms with Gasteiger partial charge in [-0.1, -0.05) is 19.8 Å². The van der Waals surface area contributed by atoms with E-state index in [2.05, 4.69) is 31.0 Å². The fourth-order valence-electron chi connectivity index (χ4n) is 1.77. The number of nitrogens with zero attached hydrogens (tertiary/aromatic N) is 1. The average Bonchev–Trinajstić information content (AvgIpc) is 2.27. The molecule has 0 aliphatic rings. The second-order valence-electron chi connectivity index (χ2n) is 5.22. The van der Waals surface area contributed by atoms with Crippen LogP contribution in [0.25, 0.3) is 0 Å². The number of nitrogens with two attached hydrogens (primary N) is 1. The van der Waals surface area contributed by atoms with Gasteiger partial charge in [-0.2, -0.15) is 0 Å². The van der Waals surface area contributed by atoms with Crippen LogP contribution in [0.15, 0.2) is 0 Å². The number of primary amides is 1. The molecule has 0 aromatic heterocycles. The molecule has 0 heterocycles. The van der Waals surface area contributed by atoms with Gasteiger partial charge in [0.1, 0.15) is 5.54 Å². The van der Waals surface area contributed by atoms with Crippen LogP contribution in [0.2, 0.25) is 0 Å². The van der Waals surface area contributed by atoms with Gasteiger partial charge in [-0.25, -0.2) is 0 Å². The second kappa shape index (κ2) is 7.67. The highest BCUT2D eigenvalue weighted by Crippen LogP contribution is 2.10. The van der Waals surface area contributed by atoms with Crippen LogP contribution in [0.3, 0.4) is 0 Å². The largest absolute Gasteiger partial charge is 0.368 e. The maximum absolute atomic E-state index is 11.5. The Balaban J connectivity index is 4.46. The van der Waals surface area contributed by atoms with Crippen molar-refractivity contribution >= 4 is 5.91 Å². The van der Waals surface area contributed by atoms with Crippen molar-refractivity contribution in [3.8, 4) is 0 Å². The van der Waals surface area contributed by atoms with E-state index in [1.807, 2.05) is 6.92 Å². The van der Waals surface area contributed by atoms with Gasteiger partial charge in [-0.15, -0.1) is 0 Å². The summed E-state index contributed by atoms with van der Waals surface area (Å²) in [6.45, 7) is 10.1. The van der Waals surface area contributed by atoms with Gasteiger partial charge < -0.3 is 11.1 Å². The molecule has 0 bridgehead atoms. The Morgan fingerprint density at radius 3 is 2.35 bits per heavy atom. The van der Waals surface area contributed by atoms with E-state index in [0.717, 1.165) is 6.54 Å². The Bertz CT molecular complexity index is 231. The summed E-state index contributed by atoms with van der Waals surface area (Å²) >= 11 is 0. The smallest absolute Gasteiger partial charge is 0.238 e. The van der Waals surface area contributed by atoms with Gasteiger partial charge in [0.2, 0.25) is 5.91 Å². The molecule has 0 aliphatic heterocycles. The molecule has 3 N–H and O–H groups in total. The number of unbranched alkanes of at least 4 members (excludes halogenated alkanes) is 2. The molecule has 0 aliphatic carbocycles. The Kier molecular flexibility index (Phi) is 7.39. The number of rotatable bonds is 9. The lowest BCUT2D eigenvalue weighted by molar-refractivity contribution is -0.124. The molecular weight excluding hydrogens is 214 g/mol. The molecular formula is C13H29N3O. The molecule has 0 aromatic rings. The standard InChI is InChI=1S/C13H29N3O/c1-6-7-8-9-16(11(2)3)10-13(4,15-5)12(14)17/h11,15H,6-10H2,1-5H3,(H2,14,17). The average molecular weight is 243 g/mol. The molecule has 1 amide bonds. The van der Waals surface area contributed by atoms with Crippen molar-refractivity contribution in [1.29, 1.82) is 0 Å². The third-order valence-corrected chi connectivity index (χ3v) is 3.39. The van der Waals surface area contributed by atoms with E-state index in [4.69, 9.17) is 5.73 Å². The molecule has 17 heavy (non-hydrogen) atoms. The Morgan fingerprint density at radius 1 is 1.41 bits per heavy atom. The summed E-state index contributed by atoms with van der Waals surface area (Å²) in [5.74, 6) is -0.291. The van der Waals surface area contributed by atoms with Gasteiger partial charge in [0.05, 0.1) is 0 Å². The Hall–Kier alpha value is -0.610. The van der Waals surface area contributed by atoms with Crippen molar-refractivity contribution < 1.29 is 4.79 Å². The van der Waals surface area contributed by atoms with E-state index in [-0.39, 0.29) is 5.91 Å². The molecule has 0 saturated carbocycles. The molecule has 102 valence electrons. The molecule has 0 spiro atoms. The van der Waals surface area contributed by atoms with Gasteiger partial charge in [0.15, 0.2) is 0 Å². The summed E-state index contributed by atoms with van der Waals surface area (Å²) in [7, 11) is 1.79. The van der Waals surface area contributed by atoms with Crippen molar-refractivity contribution in [1.82, 2.24) is 10.2 Å². The lowest BCUT2D eigenvalue weighted by Crippen LogP contribution is -2.59. The van der Waals surface area contributed by atoms with Gasteiger partial charge >= 0.3 is 0 Å². The van der Waals surface area contributed by atoms with Crippen LogP contribution < -0.4 is 11.1 Å². The SMILES string of the molecule is CCCCCN(CC(C)(NC)C(N)=O)C(C)C. The first kappa shape index (κ1) is 16.4. The first-order chi connectivity index (χ1) is 7.87. The van der Waals surface area contributed by atoms with Crippen LogP contribution in [0.1, 0.15) is 47.0 Å². The minimum Gasteiger partial charge on any atom is -0.368 e. The molecule has 0 rings (SSSR count). The number of amides is 1. The topological polar surface area (TPSA) is 58.4 Å². The summed E-state index contributed by atoms with van der Waals surface area (Å²) in [6, 6.07) is 0.430. The Morgan fingerprint density at radius 2 is 2.00 bits per heavy atom. The highest BCUT2D eigenvalue weighted by atomic mass is 16.1. The second-order valence-corrected chi connectivity index (χ2v) is 5.22. The van der Waals surface area contributed by atoms with Gasteiger partial charge in [0.25, 0.3) is 0 Å². The lowest BCUT2D eigenvalue weighted by atomic mass is 10.00. The van der Waals surface area contributed by atoms with Crippen LogP contribution >= 0.6 is 0 Å².